The van der Waals surface area contributed by atoms with Gasteiger partial charge in [-0.05, 0) is 73.9 Å². The number of hydrogen-bond donors (Lipinski definition) is 1. The van der Waals surface area contributed by atoms with Gasteiger partial charge in [0.1, 0.15) is 11.5 Å². The molecule has 4 nitrogen and oxygen atoms in total. The van der Waals surface area contributed by atoms with Gasteiger partial charge in [0.05, 0.1) is 29.5 Å². The van der Waals surface area contributed by atoms with Gasteiger partial charge in [0.25, 0.3) is 0 Å². The number of benzene rings is 2. The van der Waals surface area contributed by atoms with E-state index in [2.05, 4.69) is 22.9 Å². The predicted molar refractivity (Wildman–Crippen MR) is 113 cm³/mol. The summed E-state index contributed by atoms with van der Waals surface area (Å²) >= 11 is 0. The van der Waals surface area contributed by atoms with Crippen LogP contribution in [0.25, 0.3) is 0 Å². The molecule has 0 saturated carbocycles. The number of ether oxygens (including phenoxy) is 1. The minimum absolute atomic E-state index is 0.235. The summed E-state index contributed by atoms with van der Waals surface area (Å²) < 4.78 is 45.6. The van der Waals surface area contributed by atoms with Crippen molar-refractivity contribution in [3.63, 3.8) is 0 Å². The molecule has 162 valence electrons. The second kappa shape index (κ2) is 9.89. The molecule has 2 aromatic carbocycles. The summed E-state index contributed by atoms with van der Waals surface area (Å²) in [5.41, 5.74) is 1.26. The average molecular weight is 436 g/mol. The molecule has 0 aliphatic heterocycles. The molecule has 0 radical (unpaired) electrons. The molecule has 1 N–H and O–H groups in total. The van der Waals surface area contributed by atoms with Crippen molar-refractivity contribution in [2.75, 3.05) is 6.61 Å². The molecule has 0 spiro atoms. The molecule has 7 heteroatoms. The van der Waals surface area contributed by atoms with E-state index in [0.717, 1.165) is 23.4 Å². The van der Waals surface area contributed by atoms with E-state index < -0.39 is 17.5 Å². The predicted octanol–water partition coefficient (Wildman–Crippen LogP) is 5.40. The number of pyridine rings is 1. The molecule has 0 atom stereocenters. The highest BCUT2D eigenvalue weighted by Crippen LogP contribution is 2.33. The molecule has 0 aliphatic rings. The van der Waals surface area contributed by atoms with Crippen LogP contribution in [0.1, 0.15) is 39.9 Å². The number of alkyl halides is 3. The van der Waals surface area contributed by atoms with Crippen molar-refractivity contribution >= 4 is 0 Å². The highest BCUT2D eigenvalue weighted by atomic mass is 19.4. The Morgan fingerprint density at radius 3 is 2.53 bits per heavy atom. The largest absolute Gasteiger partial charge is 0.508 e. The maximum Gasteiger partial charge on any atom is 0.417 e. The number of nitrogens with zero attached hydrogens (tertiary/aromatic N) is 2. The Labute approximate surface area is 183 Å². The van der Waals surface area contributed by atoms with E-state index in [9.17, 15) is 23.5 Å². The van der Waals surface area contributed by atoms with Gasteiger partial charge < -0.3 is 9.84 Å². The molecule has 0 unspecified atom stereocenters. The Kier molecular flexibility index (Phi) is 7.02. The molecule has 0 aliphatic carbocycles. The van der Waals surface area contributed by atoms with Crippen molar-refractivity contribution in [2.24, 2.45) is 0 Å². The zero-order valence-electron chi connectivity index (χ0n) is 17.2. The Bertz CT molecular complexity index is 1220. The second-order valence-electron chi connectivity index (χ2n) is 7.00. The molecular formula is C25H19F3N2O2. The molecule has 3 aromatic rings. The first-order valence-corrected chi connectivity index (χ1v) is 9.77. The smallest absolute Gasteiger partial charge is 0.417 e. The molecule has 32 heavy (non-hydrogen) atoms. The van der Waals surface area contributed by atoms with Crippen molar-refractivity contribution in [3.05, 3.63) is 88.2 Å². The van der Waals surface area contributed by atoms with E-state index >= 15 is 0 Å². The standard InChI is InChI=1S/C25H19F3N2O2/c1-17-24(5-2-12-30-17)32-13-3-4-21-14-18(16-29)6-7-19(21)8-9-20-10-11-22(31)15-23(20)25(26,27)28/h2,5-7,10-12,14-15,31H,3-4,13H2,1H3. The summed E-state index contributed by atoms with van der Waals surface area (Å²) in [6.45, 7) is 2.25. The molecule has 1 heterocycles. The molecular weight excluding hydrogens is 417 g/mol. The fourth-order valence-corrected chi connectivity index (χ4v) is 3.07. The summed E-state index contributed by atoms with van der Waals surface area (Å²) in [5, 5.41) is 18.6. The third-order valence-corrected chi connectivity index (χ3v) is 4.68. The van der Waals surface area contributed by atoms with E-state index in [-0.39, 0.29) is 5.56 Å². The van der Waals surface area contributed by atoms with Crippen LogP contribution in [0.4, 0.5) is 13.2 Å². The first-order valence-electron chi connectivity index (χ1n) is 9.77. The molecule has 1 aromatic heterocycles. The zero-order chi connectivity index (χ0) is 23.1. The van der Waals surface area contributed by atoms with Crippen LogP contribution in [0, 0.1) is 30.1 Å². The van der Waals surface area contributed by atoms with Crippen molar-refractivity contribution in [1.29, 1.82) is 5.26 Å². The van der Waals surface area contributed by atoms with Crippen LogP contribution in [-0.2, 0) is 12.6 Å². The summed E-state index contributed by atoms with van der Waals surface area (Å²) in [6, 6.07) is 13.5. The molecule has 0 bridgehead atoms. The van der Waals surface area contributed by atoms with E-state index in [1.807, 2.05) is 13.0 Å². The van der Waals surface area contributed by atoms with Gasteiger partial charge in [-0.15, -0.1) is 0 Å². The number of aromatic hydroxyl groups is 1. The van der Waals surface area contributed by atoms with Crippen LogP contribution in [-0.4, -0.2) is 16.7 Å². The maximum absolute atomic E-state index is 13.3. The number of halogens is 3. The van der Waals surface area contributed by atoms with Gasteiger partial charge in [-0.3, -0.25) is 4.98 Å². The summed E-state index contributed by atoms with van der Waals surface area (Å²) in [4.78, 5) is 4.16. The summed E-state index contributed by atoms with van der Waals surface area (Å²) in [7, 11) is 0. The minimum Gasteiger partial charge on any atom is -0.508 e. The normalized spacial score (nSPS) is 10.7. The van der Waals surface area contributed by atoms with Crippen molar-refractivity contribution < 1.29 is 23.0 Å². The fraction of sp³-hybridized carbons (Fsp3) is 0.200. The second-order valence-corrected chi connectivity index (χ2v) is 7.00. The Morgan fingerprint density at radius 2 is 1.81 bits per heavy atom. The van der Waals surface area contributed by atoms with Gasteiger partial charge >= 0.3 is 6.18 Å². The van der Waals surface area contributed by atoms with Gasteiger partial charge in [0.2, 0.25) is 0 Å². The Hall–Kier alpha value is -3.97. The van der Waals surface area contributed by atoms with Gasteiger partial charge in [-0.1, -0.05) is 11.8 Å². The van der Waals surface area contributed by atoms with E-state index in [4.69, 9.17) is 4.74 Å². The number of nitriles is 1. The number of phenolic OH excluding ortho intramolecular Hbond substituents is 1. The summed E-state index contributed by atoms with van der Waals surface area (Å²) in [6.07, 6.45) is -1.82. The SMILES string of the molecule is Cc1ncccc1OCCCc1cc(C#N)ccc1C#Cc1ccc(O)cc1C(F)(F)F. The highest BCUT2D eigenvalue weighted by molar-refractivity contribution is 5.53. The third kappa shape index (κ3) is 5.80. The Morgan fingerprint density at radius 1 is 1.06 bits per heavy atom. The monoisotopic (exact) mass is 436 g/mol. The number of phenols is 1. The van der Waals surface area contributed by atoms with E-state index in [1.165, 1.54) is 0 Å². The molecule has 0 amide bonds. The third-order valence-electron chi connectivity index (χ3n) is 4.68. The zero-order valence-corrected chi connectivity index (χ0v) is 17.2. The number of hydrogen-bond acceptors (Lipinski definition) is 4. The topological polar surface area (TPSA) is 66.1 Å². The lowest BCUT2D eigenvalue weighted by atomic mass is 9.99. The van der Waals surface area contributed by atoms with Crippen molar-refractivity contribution in [1.82, 2.24) is 4.98 Å². The summed E-state index contributed by atoms with van der Waals surface area (Å²) in [5.74, 6) is 5.55. The van der Waals surface area contributed by atoms with Crippen molar-refractivity contribution in [2.45, 2.75) is 25.9 Å². The lowest BCUT2D eigenvalue weighted by Crippen LogP contribution is -2.07. The van der Waals surface area contributed by atoms with Crippen LogP contribution in [0.3, 0.4) is 0 Å². The van der Waals surface area contributed by atoms with Gasteiger partial charge in [-0.25, -0.2) is 0 Å². The Balaban J connectivity index is 1.81. The molecule has 0 fully saturated rings. The maximum atomic E-state index is 13.3. The lowest BCUT2D eigenvalue weighted by molar-refractivity contribution is -0.137. The van der Waals surface area contributed by atoms with Crippen LogP contribution < -0.4 is 4.74 Å². The average Bonchev–Trinajstić information content (AvgIpc) is 2.76. The van der Waals surface area contributed by atoms with Crippen molar-refractivity contribution in [3.8, 4) is 29.4 Å². The van der Waals surface area contributed by atoms with Crippen LogP contribution >= 0.6 is 0 Å². The first-order chi connectivity index (χ1) is 15.3. The van der Waals surface area contributed by atoms with E-state index in [0.29, 0.717) is 42.4 Å². The number of aryl methyl sites for hydroxylation is 2. The first kappa shape index (κ1) is 22.7. The quantitative estimate of drug-likeness (QED) is 0.430. The lowest BCUT2D eigenvalue weighted by Gasteiger charge is -2.10. The number of aromatic nitrogens is 1. The molecule has 0 saturated heterocycles. The van der Waals surface area contributed by atoms with Gasteiger partial charge in [0.15, 0.2) is 0 Å². The van der Waals surface area contributed by atoms with Gasteiger partial charge in [-0.2, -0.15) is 18.4 Å². The fourth-order valence-electron chi connectivity index (χ4n) is 3.07. The highest BCUT2D eigenvalue weighted by Gasteiger charge is 2.33. The van der Waals surface area contributed by atoms with Crippen LogP contribution in [0.15, 0.2) is 54.7 Å². The molecule has 3 rings (SSSR count). The minimum atomic E-state index is -4.64. The van der Waals surface area contributed by atoms with Crippen LogP contribution in [0.5, 0.6) is 11.5 Å². The number of rotatable bonds is 5. The van der Waals surface area contributed by atoms with Crippen LogP contribution in [0.2, 0.25) is 0 Å². The van der Waals surface area contributed by atoms with E-state index in [1.54, 1.807) is 30.5 Å². The van der Waals surface area contributed by atoms with Gasteiger partial charge in [0, 0.05) is 17.3 Å².